The number of hydrogen-bond donors (Lipinski definition) is 2. The van der Waals surface area contributed by atoms with Gasteiger partial charge in [0, 0.05) is 49.5 Å². The summed E-state index contributed by atoms with van der Waals surface area (Å²) in [6.45, 7) is 1.56. The zero-order chi connectivity index (χ0) is 21.6. The van der Waals surface area contributed by atoms with Gasteiger partial charge in [0.05, 0.1) is 10.7 Å². The third-order valence-corrected chi connectivity index (χ3v) is 5.37. The average molecular weight is 437 g/mol. The zero-order valence-corrected chi connectivity index (χ0v) is 17.4. The van der Waals surface area contributed by atoms with E-state index in [1.54, 1.807) is 36.7 Å². The molecule has 158 valence electrons. The van der Waals surface area contributed by atoms with Gasteiger partial charge in [0.2, 0.25) is 5.91 Å². The second-order valence-electron chi connectivity index (χ2n) is 7.17. The molecule has 0 aromatic carbocycles. The summed E-state index contributed by atoms with van der Waals surface area (Å²) in [4.78, 5) is 40.0. The van der Waals surface area contributed by atoms with Crippen LogP contribution in [0.15, 0.2) is 61.2 Å². The lowest BCUT2D eigenvalue weighted by molar-refractivity contribution is -0.120. The first-order valence-corrected chi connectivity index (χ1v) is 10.3. The van der Waals surface area contributed by atoms with Crippen molar-refractivity contribution in [2.24, 2.45) is 5.92 Å². The molecular formula is C22H21ClN6O2. The fraction of sp³-hybridized carbons (Fsp3) is 0.227. The monoisotopic (exact) mass is 436 g/mol. The molecule has 0 radical (unpaired) electrons. The van der Waals surface area contributed by atoms with E-state index in [4.69, 9.17) is 11.6 Å². The van der Waals surface area contributed by atoms with E-state index < -0.39 is 5.91 Å². The molecule has 8 nitrogen and oxygen atoms in total. The molecular weight excluding hydrogens is 416 g/mol. The van der Waals surface area contributed by atoms with Crippen LogP contribution in [0.2, 0.25) is 5.02 Å². The Morgan fingerprint density at radius 2 is 1.74 bits per heavy atom. The second kappa shape index (κ2) is 9.53. The minimum atomic E-state index is -0.460. The Morgan fingerprint density at radius 1 is 0.968 bits per heavy atom. The van der Waals surface area contributed by atoms with Crippen molar-refractivity contribution in [3.63, 3.8) is 0 Å². The number of nitrogens with one attached hydrogen (secondary N) is 2. The van der Waals surface area contributed by atoms with Gasteiger partial charge < -0.3 is 15.5 Å². The molecule has 0 atom stereocenters. The lowest BCUT2D eigenvalue weighted by Gasteiger charge is -2.32. The summed E-state index contributed by atoms with van der Waals surface area (Å²) in [6, 6.07) is 10.5. The summed E-state index contributed by atoms with van der Waals surface area (Å²) in [5.74, 6) is -0.354. The van der Waals surface area contributed by atoms with Crippen molar-refractivity contribution in [3.05, 3.63) is 71.9 Å². The molecule has 2 amide bonds. The van der Waals surface area contributed by atoms with Crippen molar-refractivity contribution < 1.29 is 9.59 Å². The molecule has 4 rings (SSSR count). The number of anilines is 3. The van der Waals surface area contributed by atoms with Crippen molar-refractivity contribution in [2.75, 3.05) is 28.6 Å². The highest BCUT2D eigenvalue weighted by atomic mass is 35.5. The van der Waals surface area contributed by atoms with Crippen LogP contribution in [0, 0.1) is 5.92 Å². The quantitative estimate of drug-likeness (QED) is 0.633. The number of aromatic nitrogens is 3. The van der Waals surface area contributed by atoms with E-state index in [-0.39, 0.29) is 17.5 Å². The summed E-state index contributed by atoms with van der Waals surface area (Å²) in [5.41, 5.74) is 1.60. The molecule has 3 aromatic rings. The predicted octanol–water partition coefficient (Wildman–Crippen LogP) is 3.63. The SMILES string of the molecule is O=C(Nc1ccc(Cl)cn1)c1ncccc1NC(=O)C1CCN(c2ccncc2)CC1. The van der Waals surface area contributed by atoms with Gasteiger partial charge in [-0.25, -0.2) is 9.97 Å². The van der Waals surface area contributed by atoms with Crippen LogP contribution < -0.4 is 15.5 Å². The first kappa shape index (κ1) is 20.7. The minimum absolute atomic E-state index is 0.110. The van der Waals surface area contributed by atoms with Gasteiger partial charge in [-0.1, -0.05) is 11.6 Å². The van der Waals surface area contributed by atoms with Crippen molar-refractivity contribution in [3.8, 4) is 0 Å². The number of pyridine rings is 3. The lowest BCUT2D eigenvalue weighted by atomic mass is 9.95. The summed E-state index contributed by atoms with van der Waals surface area (Å²) >= 11 is 5.82. The smallest absolute Gasteiger partial charge is 0.277 e. The number of carbonyl (C=O) groups is 2. The Morgan fingerprint density at radius 3 is 2.45 bits per heavy atom. The van der Waals surface area contributed by atoms with Crippen LogP contribution in [0.25, 0.3) is 0 Å². The van der Waals surface area contributed by atoms with E-state index in [0.717, 1.165) is 31.6 Å². The Bertz CT molecular complexity index is 1050. The molecule has 0 bridgehead atoms. The molecule has 1 saturated heterocycles. The van der Waals surface area contributed by atoms with Gasteiger partial charge >= 0.3 is 0 Å². The topological polar surface area (TPSA) is 100 Å². The highest BCUT2D eigenvalue weighted by molar-refractivity contribution is 6.30. The van der Waals surface area contributed by atoms with E-state index >= 15 is 0 Å². The summed E-state index contributed by atoms with van der Waals surface area (Å²) in [7, 11) is 0. The molecule has 4 heterocycles. The number of piperidine rings is 1. The molecule has 0 saturated carbocycles. The maximum atomic E-state index is 12.9. The maximum absolute atomic E-state index is 12.9. The van der Waals surface area contributed by atoms with Crippen molar-refractivity contribution in [1.29, 1.82) is 0 Å². The standard InChI is InChI=1S/C22H21ClN6O2/c23-16-3-4-19(26-14-16)28-22(31)20-18(2-1-9-25-20)27-21(30)15-7-12-29(13-8-15)17-5-10-24-11-6-17/h1-6,9-11,14-15H,7-8,12-13H2,(H,27,30)(H,26,28,31). The van der Waals surface area contributed by atoms with Crippen molar-refractivity contribution in [2.45, 2.75) is 12.8 Å². The van der Waals surface area contributed by atoms with Crippen LogP contribution in [-0.4, -0.2) is 39.9 Å². The summed E-state index contributed by atoms with van der Waals surface area (Å²) < 4.78 is 0. The number of nitrogens with zero attached hydrogens (tertiary/aromatic N) is 4. The van der Waals surface area contributed by atoms with Crippen LogP contribution in [-0.2, 0) is 4.79 Å². The third-order valence-electron chi connectivity index (χ3n) is 5.14. The predicted molar refractivity (Wildman–Crippen MR) is 119 cm³/mol. The van der Waals surface area contributed by atoms with Gasteiger partial charge in [-0.3, -0.25) is 14.6 Å². The molecule has 3 aromatic heterocycles. The van der Waals surface area contributed by atoms with Gasteiger partial charge in [0.1, 0.15) is 5.82 Å². The Labute approximate surface area is 184 Å². The number of amides is 2. The Kier molecular flexibility index (Phi) is 6.37. The fourth-order valence-electron chi connectivity index (χ4n) is 3.50. The molecule has 9 heteroatoms. The van der Waals surface area contributed by atoms with Crippen LogP contribution in [0.1, 0.15) is 23.3 Å². The van der Waals surface area contributed by atoms with E-state index in [1.807, 2.05) is 12.1 Å². The first-order valence-electron chi connectivity index (χ1n) is 9.94. The highest BCUT2D eigenvalue weighted by Crippen LogP contribution is 2.24. The molecule has 0 aliphatic carbocycles. The van der Waals surface area contributed by atoms with Gasteiger partial charge in [0.15, 0.2) is 5.69 Å². The number of rotatable bonds is 5. The molecule has 1 fully saturated rings. The average Bonchev–Trinajstić information content (AvgIpc) is 2.81. The number of hydrogen-bond acceptors (Lipinski definition) is 6. The van der Waals surface area contributed by atoms with E-state index in [9.17, 15) is 9.59 Å². The van der Waals surface area contributed by atoms with Crippen molar-refractivity contribution >= 4 is 40.6 Å². The molecule has 1 aliphatic rings. The molecule has 0 unspecified atom stereocenters. The normalized spacial score (nSPS) is 14.2. The zero-order valence-electron chi connectivity index (χ0n) is 16.7. The fourth-order valence-corrected chi connectivity index (χ4v) is 3.61. The molecule has 1 aliphatic heterocycles. The third kappa shape index (κ3) is 5.16. The van der Waals surface area contributed by atoms with Crippen LogP contribution >= 0.6 is 11.6 Å². The van der Waals surface area contributed by atoms with E-state index in [0.29, 0.717) is 16.5 Å². The largest absolute Gasteiger partial charge is 0.371 e. The van der Waals surface area contributed by atoms with E-state index in [2.05, 4.69) is 30.5 Å². The molecule has 31 heavy (non-hydrogen) atoms. The Balaban J connectivity index is 1.39. The van der Waals surface area contributed by atoms with Crippen molar-refractivity contribution in [1.82, 2.24) is 15.0 Å². The van der Waals surface area contributed by atoms with Crippen LogP contribution in [0.5, 0.6) is 0 Å². The van der Waals surface area contributed by atoms with Crippen LogP contribution in [0.3, 0.4) is 0 Å². The van der Waals surface area contributed by atoms with Gasteiger partial charge in [-0.15, -0.1) is 0 Å². The second-order valence-corrected chi connectivity index (χ2v) is 7.61. The maximum Gasteiger partial charge on any atom is 0.277 e. The Hall–Kier alpha value is -3.52. The van der Waals surface area contributed by atoms with Crippen LogP contribution in [0.4, 0.5) is 17.2 Å². The molecule has 0 spiro atoms. The minimum Gasteiger partial charge on any atom is -0.371 e. The lowest BCUT2D eigenvalue weighted by Crippen LogP contribution is -2.38. The van der Waals surface area contributed by atoms with Gasteiger partial charge in [0.25, 0.3) is 5.91 Å². The number of halogens is 1. The van der Waals surface area contributed by atoms with Gasteiger partial charge in [-0.2, -0.15) is 0 Å². The number of carbonyl (C=O) groups excluding carboxylic acids is 2. The summed E-state index contributed by atoms with van der Waals surface area (Å²) in [5, 5.41) is 6.02. The first-order chi connectivity index (χ1) is 15.1. The van der Waals surface area contributed by atoms with Gasteiger partial charge in [-0.05, 0) is 49.2 Å². The summed E-state index contributed by atoms with van der Waals surface area (Å²) in [6.07, 6.45) is 7.93. The van der Waals surface area contributed by atoms with E-state index in [1.165, 1.54) is 12.4 Å². The highest BCUT2D eigenvalue weighted by Gasteiger charge is 2.26. The molecule has 2 N–H and O–H groups in total.